The molecule has 0 saturated carbocycles. The van der Waals surface area contributed by atoms with E-state index in [1.807, 2.05) is 11.7 Å². The lowest BCUT2D eigenvalue weighted by atomic mass is 9.76. The molecule has 2 aromatic rings. The minimum absolute atomic E-state index is 0.0123. The van der Waals surface area contributed by atoms with Gasteiger partial charge in [0, 0.05) is 30.5 Å². The fourth-order valence-electron chi connectivity index (χ4n) is 2.70. The molecule has 0 fully saturated rings. The fraction of sp³-hybridized carbons (Fsp3) is 0.471. The topological polar surface area (TPSA) is 17.8 Å². The van der Waals surface area contributed by atoms with Crippen LogP contribution in [0.15, 0.2) is 36.4 Å². The molecule has 0 spiro atoms. The monoisotopic (exact) mass is 290 g/mol. The van der Waals surface area contributed by atoms with Gasteiger partial charge in [0.2, 0.25) is 0 Å². The summed E-state index contributed by atoms with van der Waals surface area (Å²) in [4.78, 5) is 0. The van der Waals surface area contributed by atoms with Crippen molar-refractivity contribution in [2.75, 3.05) is 5.88 Å². The Morgan fingerprint density at radius 3 is 2.40 bits per heavy atom. The Morgan fingerprint density at radius 1 is 1.20 bits per heavy atom. The van der Waals surface area contributed by atoms with Crippen LogP contribution in [-0.4, -0.2) is 15.7 Å². The van der Waals surface area contributed by atoms with Crippen LogP contribution in [0.4, 0.5) is 0 Å². The minimum atomic E-state index is -0.0123. The predicted molar refractivity (Wildman–Crippen MR) is 85.4 cm³/mol. The SMILES string of the molecule is CCc1cc(CC(CC)(CCl)c2ccccc2)n(C)n1. The molecule has 0 amide bonds. The summed E-state index contributed by atoms with van der Waals surface area (Å²) in [6, 6.07) is 12.8. The number of benzene rings is 1. The van der Waals surface area contributed by atoms with Crippen LogP contribution in [0.5, 0.6) is 0 Å². The number of hydrogen-bond acceptors (Lipinski definition) is 1. The first-order valence-electron chi connectivity index (χ1n) is 7.28. The van der Waals surface area contributed by atoms with Crippen molar-refractivity contribution in [1.82, 2.24) is 9.78 Å². The lowest BCUT2D eigenvalue weighted by Gasteiger charge is -2.31. The van der Waals surface area contributed by atoms with Crippen LogP contribution in [0.2, 0.25) is 0 Å². The van der Waals surface area contributed by atoms with Crippen LogP contribution in [0.3, 0.4) is 0 Å². The average Bonchev–Trinajstić information content (AvgIpc) is 2.86. The number of alkyl halides is 1. The van der Waals surface area contributed by atoms with Gasteiger partial charge in [-0.05, 0) is 24.5 Å². The van der Waals surface area contributed by atoms with Gasteiger partial charge in [-0.3, -0.25) is 4.68 Å². The Hall–Kier alpha value is -1.28. The number of aryl methyl sites for hydroxylation is 2. The Balaban J connectivity index is 2.36. The van der Waals surface area contributed by atoms with Crippen LogP contribution in [0.1, 0.15) is 37.2 Å². The second-order valence-electron chi connectivity index (χ2n) is 5.41. The molecule has 0 aliphatic rings. The number of rotatable bonds is 6. The van der Waals surface area contributed by atoms with Gasteiger partial charge in [0.05, 0.1) is 5.69 Å². The van der Waals surface area contributed by atoms with E-state index >= 15 is 0 Å². The molecule has 20 heavy (non-hydrogen) atoms. The van der Waals surface area contributed by atoms with Gasteiger partial charge < -0.3 is 0 Å². The van der Waals surface area contributed by atoms with Crippen molar-refractivity contribution in [2.24, 2.45) is 7.05 Å². The molecule has 0 N–H and O–H groups in total. The van der Waals surface area contributed by atoms with Crippen molar-refractivity contribution in [2.45, 2.75) is 38.5 Å². The summed E-state index contributed by atoms with van der Waals surface area (Å²) in [6.45, 7) is 4.35. The van der Waals surface area contributed by atoms with Gasteiger partial charge in [0.1, 0.15) is 0 Å². The lowest BCUT2D eigenvalue weighted by Crippen LogP contribution is -2.31. The van der Waals surface area contributed by atoms with Crippen molar-refractivity contribution in [3.8, 4) is 0 Å². The van der Waals surface area contributed by atoms with E-state index in [0.717, 1.165) is 25.0 Å². The molecule has 2 nitrogen and oxygen atoms in total. The minimum Gasteiger partial charge on any atom is -0.272 e. The van der Waals surface area contributed by atoms with Gasteiger partial charge >= 0.3 is 0 Å². The summed E-state index contributed by atoms with van der Waals surface area (Å²) in [5, 5.41) is 4.55. The van der Waals surface area contributed by atoms with Gasteiger partial charge in [-0.2, -0.15) is 5.10 Å². The van der Waals surface area contributed by atoms with E-state index < -0.39 is 0 Å². The van der Waals surface area contributed by atoms with Gasteiger partial charge in [-0.25, -0.2) is 0 Å². The van der Waals surface area contributed by atoms with E-state index in [0.29, 0.717) is 5.88 Å². The molecule has 108 valence electrons. The standard InChI is InChI=1S/C17H23ClN2/c1-4-15-11-16(20(3)19-15)12-17(5-2,13-18)14-9-7-6-8-10-14/h6-11H,4-5,12-13H2,1-3H3. The molecule has 1 heterocycles. The maximum Gasteiger partial charge on any atom is 0.0624 e. The van der Waals surface area contributed by atoms with Gasteiger partial charge in [0.25, 0.3) is 0 Å². The maximum absolute atomic E-state index is 6.37. The van der Waals surface area contributed by atoms with E-state index in [2.05, 4.69) is 55.3 Å². The molecule has 0 bridgehead atoms. The molecule has 0 radical (unpaired) electrons. The molecule has 3 heteroatoms. The zero-order valence-electron chi connectivity index (χ0n) is 12.6. The number of nitrogens with zero attached hydrogens (tertiary/aromatic N) is 2. The molecule has 0 aliphatic carbocycles. The zero-order valence-corrected chi connectivity index (χ0v) is 13.3. The lowest BCUT2D eigenvalue weighted by molar-refractivity contribution is 0.443. The van der Waals surface area contributed by atoms with Gasteiger partial charge in [0.15, 0.2) is 0 Å². The number of aromatic nitrogens is 2. The summed E-state index contributed by atoms with van der Waals surface area (Å²) < 4.78 is 2.00. The Bertz CT molecular complexity index is 541. The van der Waals surface area contributed by atoms with Crippen molar-refractivity contribution in [3.63, 3.8) is 0 Å². The molecule has 1 aromatic heterocycles. The second-order valence-corrected chi connectivity index (χ2v) is 5.68. The third kappa shape index (κ3) is 2.90. The van der Waals surface area contributed by atoms with E-state index in [1.165, 1.54) is 11.3 Å². The second kappa shape index (κ2) is 6.45. The Kier molecular flexibility index (Phi) is 4.87. The highest BCUT2D eigenvalue weighted by molar-refractivity contribution is 6.18. The largest absolute Gasteiger partial charge is 0.272 e. The third-order valence-electron chi connectivity index (χ3n) is 4.23. The normalized spacial score (nSPS) is 14.2. The summed E-state index contributed by atoms with van der Waals surface area (Å²) in [5.41, 5.74) is 3.71. The highest BCUT2D eigenvalue weighted by Gasteiger charge is 2.31. The van der Waals surface area contributed by atoms with Crippen LogP contribution in [0.25, 0.3) is 0 Å². The molecule has 0 saturated heterocycles. The van der Waals surface area contributed by atoms with Crippen LogP contribution in [0, 0.1) is 0 Å². The quantitative estimate of drug-likeness (QED) is 0.732. The number of halogens is 1. The summed E-state index contributed by atoms with van der Waals surface area (Å²) in [7, 11) is 2.02. The van der Waals surface area contributed by atoms with Gasteiger partial charge in [-0.1, -0.05) is 44.2 Å². The molecule has 0 aliphatic heterocycles. The summed E-state index contributed by atoms with van der Waals surface area (Å²) in [5.74, 6) is 0.625. The van der Waals surface area contributed by atoms with Crippen LogP contribution in [-0.2, 0) is 25.3 Å². The van der Waals surface area contributed by atoms with Crippen molar-refractivity contribution in [3.05, 3.63) is 53.3 Å². The first kappa shape index (κ1) is 15.1. The number of hydrogen-bond donors (Lipinski definition) is 0. The van der Waals surface area contributed by atoms with E-state index in [4.69, 9.17) is 11.6 Å². The molecule has 1 atom stereocenters. The van der Waals surface area contributed by atoms with Gasteiger partial charge in [-0.15, -0.1) is 11.6 Å². The van der Waals surface area contributed by atoms with Crippen LogP contribution >= 0.6 is 11.6 Å². The first-order chi connectivity index (χ1) is 9.65. The summed E-state index contributed by atoms with van der Waals surface area (Å²) in [6.07, 6.45) is 2.92. The average molecular weight is 291 g/mol. The Labute approximate surface area is 126 Å². The third-order valence-corrected chi connectivity index (χ3v) is 4.74. The van der Waals surface area contributed by atoms with Crippen LogP contribution < -0.4 is 0 Å². The maximum atomic E-state index is 6.37. The predicted octanol–water partition coefficient (Wildman–Crippen LogP) is 4.11. The van der Waals surface area contributed by atoms with Crippen molar-refractivity contribution in [1.29, 1.82) is 0 Å². The molecule has 2 rings (SSSR count). The molecule has 1 unspecified atom stereocenters. The van der Waals surface area contributed by atoms with E-state index in [-0.39, 0.29) is 5.41 Å². The van der Waals surface area contributed by atoms with E-state index in [9.17, 15) is 0 Å². The molecular formula is C17H23ClN2. The smallest absolute Gasteiger partial charge is 0.0624 e. The highest BCUT2D eigenvalue weighted by atomic mass is 35.5. The summed E-state index contributed by atoms with van der Waals surface area (Å²) >= 11 is 6.37. The van der Waals surface area contributed by atoms with Crippen molar-refractivity contribution < 1.29 is 0 Å². The zero-order chi connectivity index (χ0) is 14.6. The highest BCUT2D eigenvalue weighted by Crippen LogP contribution is 2.33. The van der Waals surface area contributed by atoms with Crippen molar-refractivity contribution >= 4 is 11.6 Å². The Morgan fingerprint density at radius 2 is 1.90 bits per heavy atom. The molecule has 1 aromatic carbocycles. The fourth-order valence-corrected chi connectivity index (χ4v) is 3.14. The first-order valence-corrected chi connectivity index (χ1v) is 7.82. The van der Waals surface area contributed by atoms with E-state index in [1.54, 1.807) is 0 Å². The molecular weight excluding hydrogens is 268 g/mol.